The van der Waals surface area contributed by atoms with E-state index in [9.17, 15) is 8.42 Å². The van der Waals surface area contributed by atoms with E-state index in [1.54, 1.807) is 6.92 Å². The summed E-state index contributed by atoms with van der Waals surface area (Å²) in [4.78, 5) is 3.60. The Morgan fingerprint density at radius 2 is 2.26 bits per heavy atom. The van der Waals surface area contributed by atoms with E-state index >= 15 is 0 Å². The van der Waals surface area contributed by atoms with Crippen LogP contribution in [0.2, 0.25) is 5.02 Å². The van der Waals surface area contributed by atoms with Crippen LogP contribution in [0.4, 0.5) is 5.82 Å². The molecule has 0 aliphatic rings. The van der Waals surface area contributed by atoms with Crippen LogP contribution in [0.15, 0.2) is 17.2 Å². The van der Waals surface area contributed by atoms with Crippen molar-refractivity contribution < 1.29 is 8.42 Å². The molecule has 0 fully saturated rings. The van der Waals surface area contributed by atoms with Gasteiger partial charge in [0, 0.05) is 6.20 Å². The van der Waals surface area contributed by atoms with Crippen molar-refractivity contribution >= 4 is 27.4 Å². The number of halogens is 1. The van der Waals surface area contributed by atoms with Crippen LogP contribution in [-0.4, -0.2) is 34.0 Å². The summed E-state index contributed by atoms with van der Waals surface area (Å²) in [7, 11) is -3.80. The summed E-state index contributed by atoms with van der Waals surface area (Å²) in [5.74, 6) is 0.282. The van der Waals surface area contributed by atoms with Gasteiger partial charge in [-0.1, -0.05) is 16.8 Å². The van der Waals surface area contributed by atoms with E-state index in [2.05, 4.69) is 30.3 Å². The van der Waals surface area contributed by atoms with Crippen molar-refractivity contribution in [2.75, 3.05) is 5.73 Å². The number of sulfonamides is 1. The van der Waals surface area contributed by atoms with Crippen molar-refractivity contribution in [3.8, 4) is 0 Å². The van der Waals surface area contributed by atoms with Crippen LogP contribution in [-0.2, 0) is 10.0 Å². The number of rotatable bonds is 4. The van der Waals surface area contributed by atoms with E-state index in [1.807, 2.05) is 0 Å². The zero-order valence-electron chi connectivity index (χ0n) is 9.70. The smallest absolute Gasteiger partial charge is 0.242 e. The molecular formula is C8H10ClN7O2S. The Hall–Kier alpha value is -1.78. The third-order valence-corrected chi connectivity index (χ3v) is 4.05. The second-order valence-corrected chi connectivity index (χ2v) is 5.77. The number of nitrogen functional groups attached to an aromatic ring is 1. The lowest BCUT2D eigenvalue weighted by Crippen LogP contribution is -2.27. The zero-order valence-corrected chi connectivity index (χ0v) is 11.3. The monoisotopic (exact) mass is 303 g/mol. The van der Waals surface area contributed by atoms with Crippen LogP contribution >= 0.6 is 11.6 Å². The Bertz CT molecular complexity index is 672. The predicted molar refractivity (Wildman–Crippen MR) is 66.6 cm³/mol. The summed E-state index contributed by atoms with van der Waals surface area (Å²) < 4.78 is 26.5. The minimum atomic E-state index is -3.80. The van der Waals surface area contributed by atoms with Crippen molar-refractivity contribution in [3.05, 3.63) is 23.1 Å². The van der Waals surface area contributed by atoms with Crippen molar-refractivity contribution in [1.82, 2.24) is 30.3 Å². The minimum Gasteiger partial charge on any atom is -0.382 e. The van der Waals surface area contributed by atoms with Gasteiger partial charge < -0.3 is 5.73 Å². The second-order valence-electron chi connectivity index (χ2n) is 3.65. The van der Waals surface area contributed by atoms with Crippen LogP contribution in [0.1, 0.15) is 18.8 Å². The number of H-pyrrole nitrogens is 1. The number of pyridine rings is 1. The fourth-order valence-electron chi connectivity index (χ4n) is 1.28. The highest BCUT2D eigenvalue weighted by atomic mass is 35.5. The highest BCUT2D eigenvalue weighted by molar-refractivity contribution is 7.89. The van der Waals surface area contributed by atoms with Gasteiger partial charge >= 0.3 is 0 Å². The first-order valence-corrected chi connectivity index (χ1v) is 6.93. The molecule has 0 amide bonds. The van der Waals surface area contributed by atoms with Crippen molar-refractivity contribution in [2.24, 2.45) is 0 Å². The van der Waals surface area contributed by atoms with E-state index in [4.69, 9.17) is 17.3 Å². The second kappa shape index (κ2) is 5.07. The largest absolute Gasteiger partial charge is 0.382 e. The van der Waals surface area contributed by atoms with Crippen molar-refractivity contribution in [3.63, 3.8) is 0 Å². The van der Waals surface area contributed by atoms with Gasteiger partial charge in [-0.25, -0.2) is 18.1 Å². The van der Waals surface area contributed by atoms with E-state index < -0.39 is 16.1 Å². The first kappa shape index (κ1) is 13.6. The molecule has 1 atom stereocenters. The van der Waals surface area contributed by atoms with Crippen LogP contribution in [0, 0.1) is 0 Å². The molecule has 0 saturated carbocycles. The van der Waals surface area contributed by atoms with Crippen LogP contribution in [0.5, 0.6) is 0 Å². The number of aromatic nitrogens is 5. The van der Waals surface area contributed by atoms with Crippen LogP contribution in [0.25, 0.3) is 0 Å². The lowest BCUT2D eigenvalue weighted by atomic mass is 10.4. The van der Waals surface area contributed by atoms with E-state index in [-0.39, 0.29) is 21.6 Å². The lowest BCUT2D eigenvalue weighted by molar-refractivity contribution is 0.559. The minimum absolute atomic E-state index is 0.0619. The molecule has 9 nitrogen and oxygen atoms in total. The van der Waals surface area contributed by atoms with Gasteiger partial charge in [0.25, 0.3) is 0 Å². The number of hydrogen-bond acceptors (Lipinski definition) is 7. The summed E-state index contributed by atoms with van der Waals surface area (Å²) in [5, 5.41) is 13.0. The SMILES string of the molecule is CC(NS(=O)(=O)c1cnc(N)c(Cl)c1)c1nn[nH]n1. The summed E-state index contributed by atoms with van der Waals surface area (Å²) >= 11 is 5.74. The average molecular weight is 304 g/mol. The molecule has 4 N–H and O–H groups in total. The Morgan fingerprint density at radius 3 is 2.84 bits per heavy atom. The number of anilines is 1. The third kappa shape index (κ3) is 2.97. The maximum Gasteiger partial charge on any atom is 0.242 e. The number of tetrazole rings is 1. The van der Waals surface area contributed by atoms with Gasteiger partial charge in [0.1, 0.15) is 10.7 Å². The van der Waals surface area contributed by atoms with Gasteiger partial charge in [0.15, 0.2) is 5.82 Å². The zero-order chi connectivity index (χ0) is 14.0. The summed E-state index contributed by atoms with van der Waals surface area (Å²) in [5.41, 5.74) is 5.42. The maximum absolute atomic E-state index is 12.1. The maximum atomic E-state index is 12.1. The number of nitrogens with two attached hydrogens (primary N) is 1. The van der Waals surface area contributed by atoms with E-state index in [0.29, 0.717) is 0 Å². The third-order valence-electron chi connectivity index (χ3n) is 2.24. The first-order chi connectivity index (χ1) is 8.90. The molecule has 19 heavy (non-hydrogen) atoms. The molecule has 11 heteroatoms. The molecule has 0 spiro atoms. The van der Waals surface area contributed by atoms with E-state index in [1.165, 1.54) is 6.07 Å². The molecule has 0 bridgehead atoms. The topological polar surface area (TPSA) is 140 Å². The molecule has 0 aromatic carbocycles. The van der Waals surface area contributed by atoms with E-state index in [0.717, 1.165) is 6.20 Å². The average Bonchev–Trinajstić information content (AvgIpc) is 2.85. The van der Waals surface area contributed by atoms with Gasteiger partial charge in [0.2, 0.25) is 10.0 Å². The highest BCUT2D eigenvalue weighted by Gasteiger charge is 2.21. The number of aromatic amines is 1. The molecule has 2 heterocycles. The van der Waals surface area contributed by atoms with Gasteiger partial charge in [-0.2, -0.15) is 5.21 Å². The standard InChI is InChI=1S/C8H10ClN7O2S/c1-4(8-12-15-16-13-8)14-19(17,18)5-2-6(9)7(10)11-3-5/h2-4,14H,1H3,(H2,10,11)(H,12,13,15,16). The Labute approximate surface area is 113 Å². The summed E-state index contributed by atoms with van der Waals surface area (Å²) in [6.45, 7) is 1.58. The molecule has 0 radical (unpaired) electrons. The van der Waals surface area contributed by atoms with Crippen LogP contribution < -0.4 is 10.5 Å². The molecule has 1 unspecified atom stereocenters. The van der Waals surface area contributed by atoms with Gasteiger partial charge in [-0.3, -0.25) is 0 Å². The molecule has 0 aliphatic carbocycles. The molecule has 2 rings (SSSR count). The highest BCUT2D eigenvalue weighted by Crippen LogP contribution is 2.20. The number of nitrogens with one attached hydrogen (secondary N) is 2. The Balaban J connectivity index is 2.25. The summed E-state index contributed by atoms with van der Waals surface area (Å²) in [6.07, 6.45) is 1.12. The predicted octanol–water partition coefficient (Wildman–Crippen LogP) is -0.130. The normalized spacial score (nSPS) is 13.4. The van der Waals surface area contributed by atoms with Crippen molar-refractivity contribution in [1.29, 1.82) is 0 Å². The lowest BCUT2D eigenvalue weighted by Gasteiger charge is -2.11. The fraction of sp³-hybridized carbons (Fsp3) is 0.250. The fourth-order valence-corrected chi connectivity index (χ4v) is 2.69. The summed E-state index contributed by atoms with van der Waals surface area (Å²) in [6, 6.07) is 0.565. The molecule has 2 aromatic heterocycles. The quantitative estimate of drug-likeness (QED) is 0.714. The molecule has 0 saturated heterocycles. The molecular weight excluding hydrogens is 294 g/mol. The molecule has 0 aliphatic heterocycles. The van der Waals surface area contributed by atoms with Crippen LogP contribution in [0.3, 0.4) is 0 Å². The number of nitrogens with zero attached hydrogens (tertiary/aromatic N) is 4. The van der Waals surface area contributed by atoms with Gasteiger partial charge in [0.05, 0.1) is 11.1 Å². The van der Waals surface area contributed by atoms with Gasteiger partial charge in [-0.05, 0) is 13.0 Å². The Morgan fingerprint density at radius 1 is 1.53 bits per heavy atom. The Kier molecular flexibility index (Phi) is 3.64. The molecule has 2 aromatic rings. The van der Waals surface area contributed by atoms with Gasteiger partial charge in [-0.15, -0.1) is 10.2 Å². The number of hydrogen-bond donors (Lipinski definition) is 3. The van der Waals surface area contributed by atoms with Crippen molar-refractivity contribution in [2.45, 2.75) is 17.9 Å². The molecule has 102 valence electrons. The first-order valence-electron chi connectivity index (χ1n) is 5.07.